The van der Waals surface area contributed by atoms with E-state index in [1.165, 1.54) is 9.18 Å². The third-order valence-corrected chi connectivity index (χ3v) is 8.48. The van der Waals surface area contributed by atoms with Crippen LogP contribution in [0.2, 0.25) is 0 Å². The fraction of sp³-hybridized carbons (Fsp3) is 0.320. The topological polar surface area (TPSA) is 57.7 Å². The third kappa shape index (κ3) is 5.46. The van der Waals surface area contributed by atoms with Crippen LogP contribution < -0.4 is 0 Å². The smallest absolute Gasteiger partial charge is 0.243 e. The number of hydrogen-bond acceptors (Lipinski definition) is 4. The molecule has 1 aromatic heterocycles. The number of nitrogens with zero attached hydrogens (tertiary/aromatic N) is 2. The first-order chi connectivity index (χ1) is 15.3. The summed E-state index contributed by atoms with van der Waals surface area (Å²) in [7, 11) is -3.74. The molecule has 1 heterocycles. The van der Waals surface area contributed by atoms with Crippen LogP contribution in [-0.4, -0.2) is 36.1 Å². The highest BCUT2D eigenvalue weighted by Crippen LogP contribution is 2.32. The van der Waals surface area contributed by atoms with Crippen LogP contribution in [0, 0.1) is 13.8 Å². The third-order valence-electron chi connectivity index (χ3n) is 5.58. The summed E-state index contributed by atoms with van der Waals surface area (Å²) < 4.78 is 28.1. The number of benzene rings is 2. The van der Waals surface area contributed by atoms with Gasteiger partial charge in [-0.25, -0.2) is 8.42 Å². The van der Waals surface area contributed by atoms with Crippen LogP contribution in [0.25, 0.3) is 0 Å². The maximum atomic E-state index is 13.5. The van der Waals surface area contributed by atoms with E-state index in [0.29, 0.717) is 13.1 Å². The Labute approximate surface area is 194 Å². The van der Waals surface area contributed by atoms with Crippen LogP contribution in [0.4, 0.5) is 0 Å². The van der Waals surface area contributed by atoms with Crippen molar-refractivity contribution in [2.75, 3.05) is 6.54 Å². The minimum Gasteiger partial charge on any atom is -0.332 e. The molecular formula is C25H28N2O3S2. The van der Waals surface area contributed by atoms with Gasteiger partial charge in [0, 0.05) is 22.3 Å². The quantitative estimate of drug-likeness (QED) is 0.455. The largest absolute Gasteiger partial charge is 0.332 e. The summed E-state index contributed by atoms with van der Waals surface area (Å²) in [5.41, 5.74) is 2.02. The summed E-state index contributed by atoms with van der Waals surface area (Å²) in [5, 5.41) is 0. The zero-order valence-electron chi connectivity index (χ0n) is 18.4. The van der Waals surface area contributed by atoms with Crippen molar-refractivity contribution in [1.82, 2.24) is 9.21 Å². The Kier molecular flexibility index (Phi) is 6.79. The van der Waals surface area contributed by atoms with Crippen molar-refractivity contribution >= 4 is 27.3 Å². The summed E-state index contributed by atoms with van der Waals surface area (Å²) in [6, 6.07) is 20.6. The predicted octanol–water partition coefficient (Wildman–Crippen LogP) is 4.75. The standard InChI is InChI=1S/C25H28N2O3S2/c1-19-8-14-24(15-9-19)32(29,30)27(22-11-12-22)18-25(28)26(16-21-6-4-3-5-7-21)17-23-13-10-20(2)31-23/h3-10,13-15,22H,11-12,16-18H2,1-2H3. The Morgan fingerprint density at radius 3 is 2.22 bits per heavy atom. The molecule has 0 aliphatic heterocycles. The molecule has 0 radical (unpaired) electrons. The SMILES string of the molecule is Cc1ccc(S(=O)(=O)N(CC(=O)N(Cc2ccccc2)Cc2ccc(C)s2)C2CC2)cc1. The first kappa shape index (κ1) is 22.7. The van der Waals surface area contributed by atoms with Gasteiger partial charge in [0.1, 0.15) is 0 Å². The zero-order chi connectivity index (χ0) is 22.7. The summed E-state index contributed by atoms with van der Waals surface area (Å²) in [4.78, 5) is 17.7. The second kappa shape index (κ2) is 9.57. The second-order valence-electron chi connectivity index (χ2n) is 8.34. The van der Waals surface area contributed by atoms with Gasteiger partial charge in [-0.05, 0) is 56.5 Å². The summed E-state index contributed by atoms with van der Waals surface area (Å²) in [6.45, 7) is 4.74. The van der Waals surface area contributed by atoms with Gasteiger partial charge >= 0.3 is 0 Å². The van der Waals surface area contributed by atoms with E-state index in [-0.39, 0.29) is 23.4 Å². The van der Waals surface area contributed by atoms with Gasteiger partial charge in [-0.2, -0.15) is 4.31 Å². The van der Waals surface area contributed by atoms with E-state index in [1.807, 2.05) is 56.3 Å². The number of carbonyl (C=O) groups excluding carboxylic acids is 1. The van der Waals surface area contributed by atoms with E-state index < -0.39 is 10.0 Å². The zero-order valence-corrected chi connectivity index (χ0v) is 20.0. The summed E-state index contributed by atoms with van der Waals surface area (Å²) >= 11 is 1.66. The van der Waals surface area contributed by atoms with Crippen LogP contribution in [0.15, 0.2) is 71.6 Å². The molecule has 1 amide bonds. The molecule has 1 aliphatic rings. The van der Waals surface area contributed by atoms with Gasteiger partial charge < -0.3 is 4.90 Å². The molecule has 4 rings (SSSR count). The number of aryl methyl sites for hydroxylation is 2. The molecule has 7 heteroatoms. The molecule has 5 nitrogen and oxygen atoms in total. The van der Waals surface area contributed by atoms with Crippen molar-refractivity contribution in [3.63, 3.8) is 0 Å². The highest BCUT2D eigenvalue weighted by molar-refractivity contribution is 7.89. The highest BCUT2D eigenvalue weighted by Gasteiger charge is 2.40. The van der Waals surface area contributed by atoms with E-state index in [4.69, 9.17) is 0 Å². The fourth-order valence-electron chi connectivity index (χ4n) is 3.65. The van der Waals surface area contributed by atoms with Gasteiger partial charge in [0.15, 0.2) is 0 Å². The number of sulfonamides is 1. The molecule has 1 saturated carbocycles. The second-order valence-corrected chi connectivity index (χ2v) is 11.6. The average molecular weight is 469 g/mol. The van der Waals surface area contributed by atoms with Crippen LogP contribution >= 0.6 is 11.3 Å². The van der Waals surface area contributed by atoms with Crippen LogP contribution in [0.3, 0.4) is 0 Å². The molecule has 0 bridgehead atoms. The lowest BCUT2D eigenvalue weighted by atomic mass is 10.2. The van der Waals surface area contributed by atoms with Gasteiger partial charge in [-0.1, -0.05) is 48.0 Å². The minimum absolute atomic E-state index is 0.104. The maximum absolute atomic E-state index is 13.5. The lowest BCUT2D eigenvalue weighted by Gasteiger charge is -2.27. The fourth-order valence-corrected chi connectivity index (χ4v) is 6.19. The van der Waals surface area contributed by atoms with Crippen molar-refractivity contribution in [2.45, 2.75) is 50.7 Å². The van der Waals surface area contributed by atoms with E-state index in [2.05, 4.69) is 0 Å². The Morgan fingerprint density at radius 2 is 1.62 bits per heavy atom. The Morgan fingerprint density at radius 1 is 0.938 bits per heavy atom. The normalized spacial score (nSPS) is 14.0. The Hall–Kier alpha value is -2.48. The number of amides is 1. The number of carbonyl (C=O) groups is 1. The average Bonchev–Trinajstić information content (AvgIpc) is 3.53. The molecule has 0 spiro atoms. The lowest BCUT2D eigenvalue weighted by molar-refractivity contribution is -0.132. The van der Waals surface area contributed by atoms with Crippen LogP contribution in [0.1, 0.15) is 33.7 Å². The number of hydrogen-bond donors (Lipinski definition) is 0. The molecule has 3 aromatic rings. The number of rotatable bonds is 9. The van der Waals surface area contributed by atoms with E-state index in [1.54, 1.807) is 40.5 Å². The summed E-state index contributed by atoms with van der Waals surface area (Å²) in [5.74, 6) is -0.178. The number of thiophene rings is 1. The molecule has 0 saturated heterocycles. The van der Waals surface area contributed by atoms with Gasteiger partial charge in [0.25, 0.3) is 0 Å². The minimum atomic E-state index is -3.74. The molecule has 0 atom stereocenters. The monoisotopic (exact) mass is 468 g/mol. The van der Waals surface area contributed by atoms with Gasteiger partial charge in [0.2, 0.25) is 15.9 Å². The van der Waals surface area contributed by atoms with Crippen molar-refractivity contribution in [3.05, 3.63) is 87.6 Å². The first-order valence-corrected chi connectivity index (χ1v) is 13.0. The Bertz CT molecular complexity index is 1170. The van der Waals surface area contributed by atoms with Gasteiger partial charge in [-0.3, -0.25) is 4.79 Å². The molecule has 1 fully saturated rings. The predicted molar refractivity (Wildman–Crippen MR) is 128 cm³/mol. The van der Waals surface area contributed by atoms with Crippen molar-refractivity contribution in [3.8, 4) is 0 Å². The van der Waals surface area contributed by atoms with Crippen LogP contribution in [-0.2, 0) is 27.9 Å². The molecule has 32 heavy (non-hydrogen) atoms. The maximum Gasteiger partial charge on any atom is 0.243 e. The molecule has 1 aliphatic carbocycles. The first-order valence-electron chi connectivity index (χ1n) is 10.8. The Balaban J connectivity index is 1.57. The molecular weight excluding hydrogens is 440 g/mol. The summed E-state index contributed by atoms with van der Waals surface area (Å²) in [6.07, 6.45) is 1.59. The van der Waals surface area contributed by atoms with E-state index in [0.717, 1.165) is 28.8 Å². The van der Waals surface area contributed by atoms with Crippen molar-refractivity contribution in [1.29, 1.82) is 0 Å². The van der Waals surface area contributed by atoms with Crippen molar-refractivity contribution in [2.24, 2.45) is 0 Å². The van der Waals surface area contributed by atoms with E-state index in [9.17, 15) is 13.2 Å². The highest BCUT2D eigenvalue weighted by atomic mass is 32.2. The molecule has 0 N–H and O–H groups in total. The van der Waals surface area contributed by atoms with Gasteiger partial charge in [0.05, 0.1) is 18.0 Å². The molecule has 0 unspecified atom stereocenters. The van der Waals surface area contributed by atoms with Crippen LogP contribution in [0.5, 0.6) is 0 Å². The molecule has 168 valence electrons. The van der Waals surface area contributed by atoms with Crippen molar-refractivity contribution < 1.29 is 13.2 Å². The van der Waals surface area contributed by atoms with Gasteiger partial charge in [-0.15, -0.1) is 11.3 Å². The lowest BCUT2D eigenvalue weighted by Crippen LogP contribution is -2.43. The molecule has 2 aromatic carbocycles. The van der Waals surface area contributed by atoms with E-state index >= 15 is 0 Å².